The maximum atomic E-state index is 11.9. The van der Waals surface area contributed by atoms with Crippen LogP contribution in [0.2, 0.25) is 0 Å². The van der Waals surface area contributed by atoms with E-state index in [1.54, 1.807) is 23.0 Å². The van der Waals surface area contributed by atoms with E-state index in [0.717, 1.165) is 45.6 Å². The molecule has 1 amide bonds. The van der Waals surface area contributed by atoms with E-state index in [4.69, 9.17) is 0 Å². The van der Waals surface area contributed by atoms with Crippen LogP contribution in [0.5, 0.6) is 0 Å². The van der Waals surface area contributed by atoms with Crippen LogP contribution in [0.25, 0.3) is 0 Å². The van der Waals surface area contributed by atoms with Gasteiger partial charge in [0.25, 0.3) is 5.56 Å². The molecule has 2 saturated heterocycles. The molecule has 0 aliphatic carbocycles. The molecule has 0 spiro atoms. The Balaban J connectivity index is 1.39. The lowest BCUT2D eigenvalue weighted by atomic mass is 10.0. The summed E-state index contributed by atoms with van der Waals surface area (Å²) in [4.78, 5) is 27.9. The first-order chi connectivity index (χ1) is 10.7. The van der Waals surface area contributed by atoms with Crippen molar-refractivity contribution in [3.05, 3.63) is 28.7 Å². The molecule has 0 bridgehead atoms. The van der Waals surface area contributed by atoms with Gasteiger partial charge in [-0.2, -0.15) is 5.10 Å². The third-order valence-electron chi connectivity index (χ3n) is 4.61. The Labute approximate surface area is 130 Å². The smallest absolute Gasteiger partial charge is 0.266 e. The molecule has 6 heteroatoms. The molecular weight excluding hydrogens is 280 g/mol. The molecule has 2 aliphatic heterocycles. The Morgan fingerprint density at radius 3 is 2.82 bits per heavy atom. The first-order valence-corrected chi connectivity index (χ1v) is 8.24. The van der Waals surface area contributed by atoms with Gasteiger partial charge in [0.2, 0.25) is 5.91 Å². The number of rotatable bonds is 5. The maximum absolute atomic E-state index is 11.9. The Kier molecular flexibility index (Phi) is 4.87. The molecule has 0 saturated carbocycles. The van der Waals surface area contributed by atoms with Crippen molar-refractivity contribution in [2.24, 2.45) is 5.92 Å². The normalized spacial score (nSPS) is 20.7. The number of aromatic nitrogens is 2. The second-order valence-corrected chi connectivity index (χ2v) is 6.36. The SMILES string of the molecule is O=C1CCCCCN1CCN1CC(Cn2ncccc2=O)C1. The van der Waals surface area contributed by atoms with E-state index in [1.807, 2.05) is 4.90 Å². The predicted octanol–water partition coefficient (Wildman–Crippen LogP) is 0.578. The maximum Gasteiger partial charge on any atom is 0.266 e. The van der Waals surface area contributed by atoms with Crippen molar-refractivity contribution in [1.82, 2.24) is 19.6 Å². The van der Waals surface area contributed by atoms with Crippen molar-refractivity contribution in [3.8, 4) is 0 Å². The molecule has 0 unspecified atom stereocenters. The average Bonchev–Trinajstić information content (AvgIpc) is 2.68. The number of likely N-dealkylation sites (tertiary alicyclic amines) is 2. The Hall–Kier alpha value is -1.69. The zero-order chi connectivity index (χ0) is 15.4. The third kappa shape index (κ3) is 3.74. The van der Waals surface area contributed by atoms with Gasteiger partial charge in [-0.15, -0.1) is 0 Å². The lowest BCUT2D eigenvalue weighted by Crippen LogP contribution is -2.52. The van der Waals surface area contributed by atoms with Gasteiger partial charge in [-0.1, -0.05) is 6.42 Å². The predicted molar refractivity (Wildman–Crippen MR) is 83.5 cm³/mol. The van der Waals surface area contributed by atoms with Crippen LogP contribution >= 0.6 is 0 Å². The number of hydrogen-bond acceptors (Lipinski definition) is 4. The van der Waals surface area contributed by atoms with E-state index in [9.17, 15) is 9.59 Å². The fraction of sp³-hybridized carbons (Fsp3) is 0.688. The van der Waals surface area contributed by atoms with Gasteiger partial charge in [0, 0.05) is 57.3 Å². The molecule has 120 valence electrons. The Bertz CT molecular complexity index is 565. The molecule has 22 heavy (non-hydrogen) atoms. The minimum atomic E-state index is -0.0314. The standard InChI is InChI=1S/C16H24N4O2/c21-15-5-2-1-3-8-19(15)10-9-18-11-14(12-18)13-20-16(22)6-4-7-17-20/h4,6-7,14H,1-3,5,8-13H2. The van der Waals surface area contributed by atoms with Crippen LogP contribution in [0.15, 0.2) is 23.1 Å². The summed E-state index contributed by atoms with van der Waals surface area (Å²) in [7, 11) is 0. The lowest BCUT2D eigenvalue weighted by Gasteiger charge is -2.40. The molecule has 1 aromatic rings. The van der Waals surface area contributed by atoms with Crippen molar-refractivity contribution in [1.29, 1.82) is 0 Å². The molecule has 3 rings (SSSR count). The van der Waals surface area contributed by atoms with Gasteiger partial charge >= 0.3 is 0 Å². The van der Waals surface area contributed by atoms with Crippen LogP contribution in [-0.2, 0) is 11.3 Å². The van der Waals surface area contributed by atoms with Crippen molar-refractivity contribution in [2.45, 2.75) is 32.2 Å². The zero-order valence-electron chi connectivity index (χ0n) is 13.0. The van der Waals surface area contributed by atoms with Crippen molar-refractivity contribution < 1.29 is 4.79 Å². The molecule has 3 heterocycles. The van der Waals surface area contributed by atoms with Gasteiger partial charge in [-0.05, 0) is 18.9 Å². The summed E-state index contributed by atoms with van der Waals surface area (Å²) in [6.07, 6.45) is 5.72. The Morgan fingerprint density at radius 1 is 1.14 bits per heavy atom. The number of carbonyl (C=O) groups is 1. The fourth-order valence-electron chi connectivity index (χ4n) is 3.28. The monoisotopic (exact) mass is 304 g/mol. The second-order valence-electron chi connectivity index (χ2n) is 6.36. The molecule has 0 radical (unpaired) electrons. The summed E-state index contributed by atoms with van der Waals surface area (Å²) in [5.74, 6) is 0.807. The third-order valence-corrected chi connectivity index (χ3v) is 4.61. The van der Waals surface area contributed by atoms with E-state index < -0.39 is 0 Å². The van der Waals surface area contributed by atoms with Crippen LogP contribution in [0.1, 0.15) is 25.7 Å². The highest BCUT2D eigenvalue weighted by Crippen LogP contribution is 2.17. The highest BCUT2D eigenvalue weighted by molar-refractivity contribution is 5.76. The molecule has 0 N–H and O–H groups in total. The fourth-order valence-corrected chi connectivity index (χ4v) is 3.28. The van der Waals surface area contributed by atoms with Gasteiger partial charge in [-0.25, -0.2) is 4.68 Å². The van der Waals surface area contributed by atoms with Crippen LogP contribution < -0.4 is 5.56 Å². The molecule has 2 fully saturated rings. The number of hydrogen-bond donors (Lipinski definition) is 0. The van der Waals surface area contributed by atoms with Crippen molar-refractivity contribution in [3.63, 3.8) is 0 Å². The van der Waals surface area contributed by atoms with Gasteiger partial charge in [0.05, 0.1) is 6.54 Å². The average molecular weight is 304 g/mol. The Morgan fingerprint density at radius 2 is 2.00 bits per heavy atom. The quantitative estimate of drug-likeness (QED) is 0.798. The van der Waals surface area contributed by atoms with Crippen molar-refractivity contribution in [2.75, 3.05) is 32.7 Å². The van der Waals surface area contributed by atoms with Crippen LogP contribution in [0.3, 0.4) is 0 Å². The van der Waals surface area contributed by atoms with Gasteiger partial charge in [-0.3, -0.25) is 9.59 Å². The highest BCUT2D eigenvalue weighted by atomic mass is 16.2. The summed E-state index contributed by atoms with van der Waals surface area (Å²) in [5, 5.41) is 4.10. The first kappa shape index (κ1) is 15.2. The number of amides is 1. The largest absolute Gasteiger partial charge is 0.341 e. The summed E-state index contributed by atoms with van der Waals surface area (Å²) in [6.45, 7) is 5.38. The molecular formula is C16H24N4O2. The molecule has 2 aliphatic rings. The lowest BCUT2D eigenvalue weighted by molar-refractivity contribution is -0.131. The van der Waals surface area contributed by atoms with E-state index in [2.05, 4.69) is 10.00 Å². The highest BCUT2D eigenvalue weighted by Gasteiger charge is 2.28. The first-order valence-electron chi connectivity index (χ1n) is 8.24. The minimum absolute atomic E-state index is 0.0314. The van der Waals surface area contributed by atoms with Crippen molar-refractivity contribution >= 4 is 5.91 Å². The summed E-state index contributed by atoms with van der Waals surface area (Å²) < 4.78 is 1.54. The van der Waals surface area contributed by atoms with Crippen LogP contribution in [0.4, 0.5) is 0 Å². The van der Waals surface area contributed by atoms with Crippen LogP contribution in [-0.4, -0.2) is 58.2 Å². The molecule has 1 aromatic heterocycles. The minimum Gasteiger partial charge on any atom is -0.341 e. The summed E-state index contributed by atoms with van der Waals surface area (Å²) in [5.41, 5.74) is -0.0314. The van der Waals surface area contributed by atoms with E-state index in [0.29, 0.717) is 24.8 Å². The number of nitrogens with zero attached hydrogens (tertiary/aromatic N) is 4. The van der Waals surface area contributed by atoms with Gasteiger partial charge < -0.3 is 9.80 Å². The molecule has 0 aromatic carbocycles. The van der Waals surface area contributed by atoms with E-state index in [1.165, 1.54) is 6.42 Å². The molecule has 6 nitrogen and oxygen atoms in total. The van der Waals surface area contributed by atoms with Crippen LogP contribution in [0, 0.1) is 5.92 Å². The summed E-state index contributed by atoms with van der Waals surface area (Å²) >= 11 is 0. The zero-order valence-corrected chi connectivity index (χ0v) is 13.0. The van der Waals surface area contributed by atoms with Gasteiger partial charge in [0.15, 0.2) is 0 Å². The number of carbonyl (C=O) groups excluding carboxylic acids is 1. The van der Waals surface area contributed by atoms with E-state index >= 15 is 0 Å². The van der Waals surface area contributed by atoms with E-state index in [-0.39, 0.29) is 5.56 Å². The topological polar surface area (TPSA) is 58.4 Å². The summed E-state index contributed by atoms with van der Waals surface area (Å²) in [6, 6.07) is 3.22. The molecule has 0 atom stereocenters. The van der Waals surface area contributed by atoms with Gasteiger partial charge in [0.1, 0.15) is 0 Å². The second kappa shape index (κ2) is 7.05.